The molecule has 0 N–H and O–H groups in total. The van der Waals surface area contributed by atoms with Gasteiger partial charge in [0.1, 0.15) is 11.0 Å². The van der Waals surface area contributed by atoms with Gasteiger partial charge in [0, 0.05) is 30.6 Å². The molecule has 7 nitrogen and oxygen atoms in total. The molecule has 4 rings (SSSR count). The zero-order chi connectivity index (χ0) is 20.1. The lowest BCUT2D eigenvalue weighted by Gasteiger charge is -2.10. The second-order valence-corrected chi connectivity index (χ2v) is 7.82. The highest BCUT2D eigenvalue weighted by Gasteiger charge is 2.32. The quantitative estimate of drug-likeness (QED) is 0.521. The monoisotopic (exact) mass is 407 g/mol. The van der Waals surface area contributed by atoms with Crippen molar-refractivity contribution in [2.75, 3.05) is 0 Å². The minimum absolute atomic E-state index is 0.152. The minimum atomic E-state index is -4.66. The van der Waals surface area contributed by atoms with Gasteiger partial charge in [-0.05, 0) is 24.3 Å². The van der Waals surface area contributed by atoms with Gasteiger partial charge in [0.25, 0.3) is 10.0 Å². The van der Waals surface area contributed by atoms with E-state index in [4.69, 9.17) is 0 Å². The lowest BCUT2D eigenvalue weighted by atomic mass is 10.1. The Labute approximate surface area is 157 Å². The normalized spacial score (nSPS) is 12.6. The van der Waals surface area contributed by atoms with E-state index >= 15 is 0 Å². The van der Waals surface area contributed by atoms with E-state index in [2.05, 4.69) is 15.2 Å². The molecule has 144 valence electrons. The fourth-order valence-electron chi connectivity index (χ4n) is 2.74. The first kappa shape index (κ1) is 18.2. The van der Waals surface area contributed by atoms with E-state index in [1.54, 1.807) is 36.4 Å². The molecule has 28 heavy (non-hydrogen) atoms. The van der Waals surface area contributed by atoms with E-state index in [9.17, 15) is 21.6 Å². The third-order valence-corrected chi connectivity index (χ3v) is 5.71. The average molecular weight is 407 g/mol. The van der Waals surface area contributed by atoms with Crippen molar-refractivity contribution in [2.24, 2.45) is 7.05 Å². The van der Waals surface area contributed by atoms with Crippen LogP contribution in [0.2, 0.25) is 0 Å². The first-order chi connectivity index (χ1) is 13.2. The Hall–Kier alpha value is -3.21. The van der Waals surface area contributed by atoms with Crippen LogP contribution in [-0.4, -0.2) is 32.4 Å². The number of fused-ring (bicyclic) bond motifs is 1. The summed E-state index contributed by atoms with van der Waals surface area (Å²) in [5.41, 5.74) is 0.698. The molecular formula is C17H12F3N5O2S. The molecule has 1 aromatic carbocycles. The molecule has 11 heteroatoms. The molecule has 0 amide bonds. The van der Waals surface area contributed by atoms with Crippen molar-refractivity contribution in [3.63, 3.8) is 0 Å². The summed E-state index contributed by atoms with van der Waals surface area (Å²) in [6.45, 7) is 0. The Morgan fingerprint density at radius 3 is 2.46 bits per heavy atom. The van der Waals surface area contributed by atoms with Gasteiger partial charge < -0.3 is 0 Å². The van der Waals surface area contributed by atoms with Crippen LogP contribution in [0, 0.1) is 0 Å². The zero-order valence-electron chi connectivity index (χ0n) is 14.3. The largest absolute Gasteiger partial charge is 0.416 e. The van der Waals surface area contributed by atoms with Crippen molar-refractivity contribution in [1.29, 1.82) is 0 Å². The molecule has 4 aromatic rings. The summed E-state index contributed by atoms with van der Waals surface area (Å²) in [6.07, 6.45) is 1.44. The second-order valence-electron chi connectivity index (χ2n) is 6.05. The van der Waals surface area contributed by atoms with E-state index in [1.807, 2.05) is 0 Å². The van der Waals surface area contributed by atoms with Crippen LogP contribution in [0.4, 0.5) is 13.2 Å². The van der Waals surface area contributed by atoms with Crippen molar-refractivity contribution in [2.45, 2.75) is 11.1 Å². The van der Waals surface area contributed by atoms with Crippen molar-refractivity contribution in [3.8, 4) is 11.1 Å². The van der Waals surface area contributed by atoms with Gasteiger partial charge in [0.2, 0.25) is 0 Å². The minimum Gasteiger partial charge on any atom is -0.275 e. The van der Waals surface area contributed by atoms with Crippen LogP contribution in [-0.2, 0) is 23.2 Å². The molecule has 0 aliphatic heterocycles. The van der Waals surface area contributed by atoms with Crippen LogP contribution in [0.3, 0.4) is 0 Å². The molecule has 0 atom stereocenters. The molecule has 0 unspecified atom stereocenters. The third kappa shape index (κ3) is 3.03. The number of hydrogen-bond donors (Lipinski definition) is 0. The predicted octanol–water partition coefficient (Wildman–Crippen LogP) is 3.09. The number of aromatic nitrogens is 5. The Balaban J connectivity index is 1.86. The average Bonchev–Trinajstić information content (AvgIpc) is 3.27. The predicted molar refractivity (Wildman–Crippen MR) is 93.8 cm³/mol. The fraction of sp³-hybridized carbons (Fsp3) is 0.118. The molecule has 0 aliphatic carbocycles. The lowest BCUT2D eigenvalue weighted by molar-refractivity contribution is -0.137. The Kier molecular flexibility index (Phi) is 4.00. The van der Waals surface area contributed by atoms with Gasteiger partial charge in [-0.15, -0.1) is 0 Å². The smallest absolute Gasteiger partial charge is 0.275 e. The molecular weight excluding hydrogens is 395 g/mol. The number of aryl methyl sites for hydroxylation is 1. The SMILES string of the molecule is Cn1cc(-c2cnc3cnn(S(=O)(=O)c4cccc(C(F)(F)F)c4)c3c2)cn1. The fourth-order valence-corrected chi connectivity index (χ4v) is 4.04. The van der Waals surface area contributed by atoms with Gasteiger partial charge >= 0.3 is 6.18 Å². The van der Waals surface area contributed by atoms with Crippen LogP contribution in [0.25, 0.3) is 22.2 Å². The first-order valence-corrected chi connectivity index (χ1v) is 9.36. The molecule has 0 radical (unpaired) electrons. The van der Waals surface area contributed by atoms with Crippen molar-refractivity contribution < 1.29 is 21.6 Å². The summed E-state index contributed by atoms with van der Waals surface area (Å²) in [5, 5.41) is 7.89. The Morgan fingerprint density at radius 1 is 1.00 bits per heavy atom. The summed E-state index contributed by atoms with van der Waals surface area (Å²) >= 11 is 0. The van der Waals surface area contributed by atoms with Gasteiger partial charge in [-0.25, -0.2) is 0 Å². The number of hydrogen-bond acceptors (Lipinski definition) is 5. The Morgan fingerprint density at radius 2 is 1.79 bits per heavy atom. The number of halogens is 3. The first-order valence-electron chi connectivity index (χ1n) is 7.92. The summed E-state index contributed by atoms with van der Waals surface area (Å²) in [4.78, 5) is 3.67. The number of rotatable bonds is 3. The highest BCUT2D eigenvalue weighted by Crippen LogP contribution is 2.31. The maximum atomic E-state index is 13.0. The van der Waals surface area contributed by atoms with E-state index in [0.717, 1.165) is 18.2 Å². The standard InChI is InChI=1S/C17H12F3N5O2S/c1-24-10-12(8-22-24)11-5-16-15(21-7-11)9-23-25(16)28(26,27)14-4-2-3-13(6-14)17(18,19)20/h2-10H,1H3. The van der Waals surface area contributed by atoms with Crippen molar-refractivity contribution in [3.05, 3.63) is 60.7 Å². The summed E-state index contributed by atoms with van der Waals surface area (Å²) in [7, 11) is -2.62. The van der Waals surface area contributed by atoms with E-state index in [0.29, 0.717) is 26.8 Å². The molecule has 0 spiro atoms. The van der Waals surface area contributed by atoms with Crippen LogP contribution in [0.15, 0.2) is 60.0 Å². The summed E-state index contributed by atoms with van der Waals surface area (Å²) in [6, 6.07) is 5.08. The summed E-state index contributed by atoms with van der Waals surface area (Å²) < 4.78 is 67.0. The number of benzene rings is 1. The van der Waals surface area contributed by atoms with Crippen LogP contribution < -0.4 is 0 Å². The highest BCUT2D eigenvalue weighted by molar-refractivity contribution is 7.90. The molecule has 0 bridgehead atoms. The van der Waals surface area contributed by atoms with Crippen molar-refractivity contribution >= 4 is 21.1 Å². The van der Waals surface area contributed by atoms with Crippen LogP contribution in [0.1, 0.15) is 5.56 Å². The number of pyridine rings is 1. The lowest BCUT2D eigenvalue weighted by Crippen LogP contribution is -2.15. The third-order valence-electron chi connectivity index (χ3n) is 4.11. The topological polar surface area (TPSA) is 82.7 Å². The number of alkyl halides is 3. The molecule has 3 heterocycles. The van der Waals surface area contributed by atoms with Gasteiger partial charge in [-0.2, -0.15) is 35.9 Å². The van der Waals surface area contributed by atoms with Gasteiger partial charge in [0.05, 0.1) is 22.9 Å². The molecule has 0 saturated carbocycles. The van der Waals surface area contributed by atoms with Crippen LogP contribution >= 0.6 is 0 Å². The molecule has 0 fully saturated rings. The van der Waals surface area contributed by atoms with Gasteiger partial charge in [-0.3, -0.25) is 9.67 Å². The molecule has 0 saturated heterocycles. The second kappa shape index (κ2) is 6.16. The van der Waals surface area contributed by atoms with Gasteiger partial charge in [-0.1, -0.05) is 6.07 Å². The van der Waals surface area contributed by atoms with E-state index in [-0.39, 0.29) is 5.52 Å². The summed E-state index contributed by atoms with van der Waals surface area (Å²) in [5.74, 6) is 0. The zero-order valence-corrected chi connectivity index (χ0v) is 15.1. The molecule has 0 aliphatic rings. The number of nitrogens with zero attached hydrogens (tertiary/aromatic N) is 5. The van der Waals surface area contributed by atoms with E-state index < -0.39 is 26.7 Å². The van der Waals surface area contributed by atoms with E-state index in [1.165, 1.54) is 6.20 Å². The Bertz CT molecular complexity index is 1290. The maximum Gasteiger partial charge on any atom is 0.416 e. The van der Waals surface area contributed by atoms with Crippen molar-refractivity contribution in [1.82, 2.24) is 24.0 Å². The van der Waals surface area contributed by atoms with Gasteiger partial charge in [0.15, 0.2) is 0 Å². The maximum absolute atomic E-state index is 13.0. The van der Waals surface area contributed by atoms with Crippen LogP contribution in [0.5, 0.6) is 0 Å². The molecule has 3 aromatic heterocycles. The highest BCUT2D eigenvalue weighted by atomic mass is 32.2.